The van der Waals surface area contributed by atoms with E-state index in [0.29, 0.717) is 0 Å². The number of anilines is 3. The van der Waals surface area contributed by atoms with E-state index in [-0.39, 0.29) is 0 Å². The summed E-state index contributed by atoms with van der Waals surface area (Å²) in [6.07, 6.45) is 0. The lowest BCUT2D eigenvalue weighted by molar-refractivity contribution is 1.18. The lowest BCUT2D eigenvalue weighted by atomic mass is 9.94. The fourth-order valence-corrected chi connectivity index (χ4v) is 9.16. The summed E-state index contributed by atoms with van der Waals surface area (Å²) in [4.78, 5) is 2.39. The van der Waals surface area contributed by atoms with Gasteiger partial charge in [0, 0.05) is 33.4 Å². The first-order valence-corrected chi connectivity index (χ1v) is 21.0. The molecule has 0 spiro atoms. The van der Waals surface area contributed by atoms with Gasteiger partial charge >= 0.3 is 0 Å². The van der Waals surface area contributed by atoms with Gasteiger partial charge in [0.05, 0.1) is 16.7 Å². The largest absolute Gasteiger partial charge is 0.310 e. The van der Waals surface area contributed by atoms with Crippen LogP contribution in [-0.2, 0) is 0 Å². The van der Waals surface area contributed by atoms with E-state index < -0.39 is 0 Å². The van der Waals surface area contributed by atoms with Crippen molar-refractivity contribution in [2.24, 2.45) is 0 Å². The minimum Gasteiger partial charge on any atom is -0.310 e. The molecule has 0 saturated carbocycles. The Kier molecular flexibility index (Phi) is 9.09. The van der Waals surface area contributed by atoms with E-state index in [2.05, 4.69) is 253 Å². The summed E-state index contributed by atoms with van der Waals surface area (Å²) >= 11 is 0. The van der Waals surface area contributed by atoms with Crippen LogP contribution in [0.1, 0.15) is 5.56 Å². The zero-order valence-electron chi connectivity index (χ0n) is 33.9. The number of fused-ring (bicyclic) bond motifs is 4. The molecule has 11 rings (SSSR count). The maximum absolute atomic E-state index is 2.43. The number of para-hydroxylation sites is 2. The highest BCUT2D eigenvalue weighted by atomic mass is 15.1. The fraction of sp³-hybridized carbons (Fsp3) is 0.0169. The van der Waals surface area contributed by atoms with Gasteiger partial charge in [-0.2, -0.15) is 0 Å². The Balaban J connectivity index is 1.05. The molecule has 0 radical (unpaired) electrons. The molecular formula is C59H42N2. The summed E-state index contributed by atoms with van der Waals surface area (Å²) in [5, 5.41) is 5.04. The maximum Gasteiger partial charge on any atom is 0.0547 e. The molecule has 2 nitrogen and oxygen atoms in total. The topological polar surface area (TPSA) is 8.17 Å². The van der Waals surface area contributed by atoms with Crippen molar-refractivity contribution in [1.29, 1.82) is 0 Å². The maximum atomic E-state index is 2.43. The third kappa shape index (κ3) is 6.56. The highest BCUT2D eigenvalue weighted by molar-refractivity contribution is 6.16. The molecule has 0 aliphatic carbocycles. The summed E-state index contributed by atoms with van der Waals surface area (Å²) in [5.74, 6) is 0. The number of hydrogen-bond donors (Lipinski definition) is 0. The predicted molar refractivity (Wildman–Crippen MR) is 259 cm³/mol. The van der Waals surface area contributed by atoms with Crippen LogP contribution >= 0.6 is 0 Å². The van der Waals surface area contributed by atoms with Crippen LogP contribution in [0.2, 0.25) is 0 Å². The lowest BCUT2D eigenvalue weighted by Crippen LogP contribution is -2.11. The van der Waals surface area contributed by atoms with E-state index in [1.54, 1.807) is 0 Å². The number of aromatic nitrogens is 1. The molecule has 1 heterocycles. The Labute approximate surface area is 356 Å². The number of aryl methyl sites for hydroxylation is 1. The van der Waals surface area contributed by atoms with Crippen LogP contribution in [0.5, 0.6) is 0 Å². The minimum atomic E-state index is 1.09. The Morgan fingerprint density at radius 3 is 1.57 bits per heavy atom. The van der Waals surface area contributed by atoms with Crippen LogP contribution in [0, 0.1) is 6.92 Å². The van der Waals surface area contributed by atoms with Gasteiger partial charge in [-0.25, -0.2) is 0 Å². The van der Waals surface area contributed by atoms with Crippen molar-refractivity contribution in [3.05, 3.63) is 242 Å². The van der Waals surface area contributed by atoms with Gasteiger partial charge in [-0.15, -0.1) is 0 Å². The van der Waals surface area contributed by atoms with Gasteiger partial charge in [0.2, 0.25) is 0 Å². The molecule has 0 unspecified atom stereocenters. The quantitative estimate of drug-likeness (QED) is 0.149. The van der Waals surface area contributed by atoms with E-state index in [4.69, 9.17) is 0 Å². The molecule has 11 aromatic rings. The molecule has 0 N–H and O–H groups in total. The molecule has 1 aromatic heterocycles. The van der Waals surface area contributed by atoms with Crippen molar-refractivity contribution < 1.29 is 0 Å². The molecular weight excluding hydrogens is 737 g/mol. The van der Waals surface area contributed by atoms with E-state index in [0.717, 1.165) is 28.2 Å². The van der Waals surface area contributed by atoms with Crippen LogP contribution in [0.25, 0.3) is 82.8 Å². The molecule has 0 bridgehead atoms. The molecule has 0 fully saturated rings. The zero-order valence-corrected chi connectivity index (χ0v) is 33.9. The van der Waals surface area contributed by atoms with Gasteiger partial charge in [0.1, 0.15) is 0 Å². The van der Waals surface area contributed by atoms with Gasteiger partial charge in [0.15, 0.2) is 0 Å². The Hall–Kier alpha value is -7.94. The molecule has 0 aliphatic rings. The van der Waals surface area contributed by atoms with Gasteiger partial charge in [-0.05, 0) is 123 Å². The zero-order chi connectivity index (χ0) is 40.7. The second kappa shape index (κ2) is 15.3. The van der Waals surface area contributed by atoms with Crippen LogP contribution in [0.15, 0.2) is 237 Å². The molecule has 0 atom stereocenters. The van der Waals surface area contributed by atoms with Crippen molar-refractivity contribution >= 4 is 49.6 Å². The number of nitrogens with zero attached hydrogens (tertiary/aromatic N) is 2. The summed E-state index contributed by atoms with van der Waals surface area (Å²) in [6.45, 7) is 2.20. The number of rotatable bonds is 8. The van der Waals surface area contributed by atoms with Crippen molar-refractivity contribution in [2.75, 3.05) is 4.90 Å². The molecule has 2 heteroatoms. The van der Waals surface area contributed by atoms with E-state index in [1.165, 1.54) is 77.2 Å². The summed E-state index contributed by atoms with van der Waals surface area (Å²) in [5.41, 5.74) is 17.7. The fourth-order valence-electron chi connectivity index (χ4n) is 9.16. The molecule has 0 amide bonds. The average molecular weight is 779 g/mol. The van der Waals surface area contributed by atoms with Gasteiger partial charge in [0.25, 0.3) is 0 Å². The Morgan fingerprint density at radius 1 is 0.344 bits per heavy atom. The highest BCUT2D eigenvalue weighted by Gasteiger charge is 2.20. The first-order valence-electron chi connectivity index (χ1n) is 21.0. The van der Waals surface area contributed by atoms with Crippen LogP contribution in [0.4, 0.5) is 17.1 Å². The highest BCUT2D eigenvalue weighted by Crippen LogP contribution is 2.44. The van der Waals surface area contributed by atoms with Crippen LogP contribution < -0.4 is 4.90 Å². The smallest absolute Gasteiger partial charge is 0.0547 e. The number of benzene rings is 10. The van der Waals surface area contributed by atoms with Gasteiger partial charge in [-0.3, -0.25) is 0 Å². The van der Waals surface area contributed by atoms with Crippen LogP contribution in [-0.4, -0.2) is 4.57 Å². The van der Waals surface area contributed by atoms with Crippen molar-refractivity contribution in [3.63, 3.8) is 0 Å². The molecule has 288 valence electrons. The third-order valence-electron chi connectivity index (χ3n) is 12.1. The SMILES string of the molecule is Cc1cccc2ccc(-n3c4ccccc4c4c(-c5cccc(-c6ccccc6N(c6ccc(-c7ccccc7)cc6)c6ccc(-c7ccccc7)cc6)c5)cccc43)cc12. The minimum absolute atomic E-state index is 1.09. The second-order valence-corrected chi connectivity index (χ2v) is 15.8. The van der Waals surface area contributed by atoms with Gasteiger partial charge < -0.3 is 9.47 Å². The monoisotopic (exact) mass is 778 g/mol. The molecule has 61 heavy (non-hydrogen) atoms. The van der Waals surface area contributed by atoms with Gasteiger partial charge in [-0.1, -0.05) is 176 Å². The van der Waals surface area contributed by atoms with Crippen molar-refractivity contribution in [2.45, 2.75) is 6.92 Å². The normalized spacial score (nSPS) is 11.4. The first kappa shape index (κ1) is 36.2. The van der Waals surface area contributed by atoms with Crippen molar-refractivity contribution in [1.82, 2.24) is 4.57 Å². The predicted octanol–water partition coefficient (Wildman–Crippen LogP) is 16.4. The molecule has 0 saturated heterocycles. The summed E-state index contributed by atoms with van der Waals surface area (Å²) < 4.78 is 2.43. The molecule has 10 aromatic carbocycles. The Morgan fingerprint density at radius 2 is 0.869 bits per heavy atom. The third-order valence-corrected chi connectivity index (χ3v) is 12.1. The van der Waals surface area contributed by atoms with E-state index >= 15 is 0 Å². The average Bonchev–Trinajstić information content (AvgIpc) is 3.68. The number of hydrogen-bond acceptors (Lipinski definition) is 1. The first-order chi connectivity index (χ1) is 30.2. The summed E-state index contributed by atoms with van der Waals surface area (Å²) in [7, 11) is 0. The van der Waals surface area contributed by atoms with Crippen LogP contribution in [0.3, 0.4) is 0 Å². The van der Waals surface area contributed by atoms with E-state index in [1.807, 2.05) is 0 Å². The lowest BCUT2D eigenvalue weighted by Gasteiger charge is -2.28. The second-order valence-electron chi connectivity index (χ2n) is 15.8. The van der Waals surface area contributed by atoms with E-state index in [9.17, 15) is 0 Å². The standard InChI is InChI=1S/C59H42N2/c1-41-15-12-20-46-33-38-51(40-55(41)46)61-57-27-11-9-24-54(57)59-53(25-14-28-58(59)61)48-22-13-21-47(39-48)52-23-8-10-26-56(52)60(49-34-29-44(30-35-49)42-16-4-2-5-17-42)50-36-31-45(32-37-50)43-18-6-3-7-19-43/h2-40H,1H3. The molecule has 0 aliphatic heterocycles. The Bertz CT molecular complexity index is 3260. The summed E-state index contributed by atoms with van der Waals surface area (Å²) in [6, 6.07) is 86.0. The van der Waals surface area contributed by atoms with Crippen molar-refractivity contribution in [3.8, 4) is 50.2 Å².